The van der Waals surface area contributed by atoms with Crippen LogP contribution in [0.1, 0.15) is 22.7 Å². The van der Waals surface area contributed by atoms with E-state index in [2.05, 4.69) is 0 Å². The zero-order valence-corrected chi connectivity index (χ0v) is 17.4. The van der Waals surface area contributed by atoms with Gasteiger partial charge in [0.2, 0.25) is 19.7 Å². The van der Waals surface area contributed by atoms with Crippen molar-refractivity contribution in [1.82, 2.24) is 4.90 Å². The summed E-state index contributed by atoms with van der Waals surface area (Å²) in [5, 5.41) is 0. The van der Waals surface area contributed by atoms with E-state index in [-0.39, 0.29) is 25.5 Å². The van der Waals surface area contributed by atoms with Crippen molar-refractivity contribution < 1.29 is 28.5 Å². The quantitative estimate of drug-likeness (QED) is 0.570. The minimum absolute atomic E-state index is 0.0615. The molecule has 6 rings (SSSR count). The van der Waals surface area contributed by atoms with E-state index in [0.717, 1.165) is 22.4 Å². The predicted octanol–water partition coefficient (Wildman–Crippen LogP) is 3.98. The van der Waals surface area contributed by atoms with Gasteiger partial charge >= 0.3 is 0 Å². The minimum Gasteiger partial charge on any atom is -0.478 e. The molecule has 32 heavy (non-hydrogen) atoms. The van der Waals surface area contributed by atoms with Crippen LogP contribution >= 0.6 is 0 Å². The molecule has 0 aliphatic carbocycles. The lowest BCUT2D eigenvalue weighted by Crippen LogP contribution is -2.60. The van der Waals surface area contributed by atoms with Gasteiger partial charge in [-0.3, -0.25) is 4.79 Å². The van der Waals surface area contributed by atoms with Crippen LogP contribution in [0.25, 0.3) is 0 Å². The van der Waals surface area contributed by atoms with Crippen LogP contribution in [0.4, 0.5) is 0 Å². The predicted molar refractivity (Wildman–Crippen MR) is 114 cm³/mol. The van der Waals surface area contributed by atoms with Crippen LogP contribution in [0.2, 0.25) is 0 Å². The highest BCUT2D eigenvalue weighted by Gasteiger charge is 2.50. The second kappa shape index (κ2) is 7.37. The maximum atomic E-state index is 13.2. The topological polar surface area (TPSA) is 66.5 Å². The van der Waals surface area contributed by atoms with Gasteiger partial charge in [0, 0.05) is 6.54 Å². The summed E-state index contributed by atoms with van der Waals surface area (Å²) < 4.78 is 28.1. The van der Waals surface area contributed by atoms with Gasteiger partial charge in [-0.2, -0.15) is 0 Å². The molecule has 1 amide bonds. The van der Waals surface area contributed by atoms with Gasteiger partial charge in [-0.05, 0) is 53.9 Å². The molecule has 0 N–H and O–H groups in total. The van der Waals surface area contributed by atoms with Gasteiger partial charge in [0.25, 0.3) is 5.91 Å². The average Bonchev–Trinajstić information content (AvgIpc) is 3.47. The first-order chi connectivity index (χ1) is 15.7. The Hall–Kier alpha value is -3.87. The summed E-state index contributed by atoms with van der Waals surface area (Å²) >= 11 is 0. The second-order valence-corrected chi connectivity index (χ2v) is 8.02. The van der Waals surface area contributed by atoms with Crippen LogP contribution in [0, 0.1) is 6.92 Å². The molecule has 0 bridgehead atoms. The van der Waals surface area contributed by atoms with Crippen LogP contribution in [0.15, 0.2) is 60.7 Å². The molecule has 3 aliphatic rings. The summed E-state index contributed by atoms with van der Waals surface area (Å²) in [6, 6.07) is 19.0. The molecule has 0 aromatic heterocycles. The number of aryl methyl sites for hydroxylation is 1. The first-order valence-electron chi connectivity index (χ1n) is 10.5. The van der Waals surface area contributed by atoms with Gasteiger partial charge in [0.05, 0.1) is 0 Å². The number of β-lactam (4-membered cyclic amide) rings is 1. The van der Waals surface area contributed by atoms with Crippen LogP contribution in [0.5, 0.6) is 28.7 Å². The monoisotopic (exact) mass is 431 g/mol. The summed E-state index contributed by atoms with van der Waals surface area (Å²) in [7, 11) is 0. The van der Waals surface area contributed by atoms with Crippen LogP contribution in [0.3, 0.4) is 0 Å². The zero-order valence-electron chi connectivity index (χ0n) is 17.4. The Labute approximate surface area is 185 Å². The van der Waals surface area contributed by atoms with Crippen molar-refractivity contribution >= 4 is 5.91 Å². The summed E-state index contributed by atoms with van der Waals surface area (Å²) in [4.78, 5) is 15.0. The molecule has 3 aromatic carbocycles. The summed E-state index contributed by atoms with van der Waals surface area (Å²) in [6.45, 7) is 2.82. The third-order valence-corrected chi connectivity index (χ3v) is 6.02. The van der Waals surface area contributed by atoms with Crippen molar-refractivity contribution in [1.29, 1.82) is 0 Å². The summed E-state index contributed by atoms with van der Waals surface area (Å²) in [6.07, 6.45) is -0.620. The van der Waals surface area contributed by atoms with Crippen molar-refractivity contribution in [3.8, 4) is 28.7 Å². The number of fused-ring (bicyclic) bond motifs is 2. The number of carbonyl (C=O) groups excluding carboxylic acids is 1. The van der Waals surface area contributed by atoms with Gasteiger partial charge in [-0.25, -0.2) is 0 Å². The number of amides is 1. The average molecular weight is 431 g/mol. The molecular formula is C25H21NO6. The van der Waals surface area contributed by atoms with Gasteiger partial charge in [-0.1, -0.05) is 30.3 Å². The second-order valence-electron chi connectivity index (χ2n) is 8.02. The van der Waals surface area contributed by atoms with E-state index in [4.69, 9.17) is 23.7 Å². The van der Waals surface area contributed by atoms with Crippen molar-refractivity contribution in [3.05, 3.63) is 77.4 Å². The number of ether oxygens (including phenoxy) is 5. The molecule has 0 saturated carbocycles. The molecule has 2 atom stereocenters. The van der Waals surface area contributed by atoms with Crippen LogP contribution < -0.4 is 23.7 Å². The SMILES string of the molecule is Cc1ccccc1O[C@@H]1C(=O)N(Cc2ccc3c(c2)OCO3)[C@H]1c1ccc2c(c1)OCO2. The van der Waals surface area contributed by atoms with Gasteiger partial charge in [0.1, 0.15) is 11.8 Å². The molecule has 162 valence electrons. The van der Waals surface area contributed by atoms with Crippen LogP contribution in [-0.2, 0) is 11.3 Å². The number of nitrogens with zero attached hydrogens (tertiary/aromatic N) is 1. The smallest absolute Gasteiger partial charge is 0.267 e. The van der Waals surface area contributed by atoms with Crippen molar-refractivity contribution in [2.24, 2.45) is 0 Å². The van der Waals surface area contributed by atoms with Gasteiger partial charge < -0.3 is 28.6 Å². The number of carbonyl (C=O) groups is 1. The van der Waals surface area contributed by atoms with E-state index in [1.807, 2.05) is 72.5 Å². The van der Waals surface area contributed by atoms with E-state index in [9.17, 15) is 4.79 Å². The molecule has 7 heteroatoms. The van der Waals surface area contributed by atoms with E-state index < -0.39 is 6.10 Å². The fourth-order valence-electron chi connectivity index (χ4n) is 4.32. The molecule has 3 aliphatic heterocycles. The molecule has 7 nitrogen and oxygen atoms in total. The van der Waals surface area contributed by atoms with Crippen molar-refractivity contribution in [3.63, 3.8) is 0 Å². The molecule has 0 spiro atoms. The maximum Gasteiger partial charge on any atom is 0.267 e. The Morgan fingerprint density at radius 2 is 1.56 bits per heavy atom. The normalized spacial score (nSPS) is 20.3. The van der Waals surface area contributed by atoms with E-state index >= 15 is 0 Å². The van der Waals surface area contributed by atoms with Crippen molar-refractivity contribution in [2.45, 2.75) is 25.6 Å². The molecule has 1 fully saturated rings. The standard InChI is InChI=1S/C25H21NO6/c1-15-4-2-3-5-18(15)32-24-23(17-7-9-20-22(11-17)31-14-29-20)26(25(24)27)12-16-6-8-19-21(10-16)30-13-28-19/h2-11,23-24H,12-14H2,1H3/t23-,24-/m0/s1. The lowest BCUT2D eigenvalue weighted by molar-refractivity contribution is -0.165. The lowest BCUT2D eigenvalue weighted by Gasteiger charge is -2.47. The highest BCUT2D eigenvalue weighted by atomic mass is 16.7. The number of benzene rings is 3. The van der Waals surface area contributed by atoms with E-state index in [1.54, 1.807) is 0 Å². The molecule has 3 aromatic rings. The first kappa shape index (κ1) is 18.9. The Morgan fingerprint density at radius 3 is 2.34 bits per heavy atom. The molecule has 1 saturated heterocycles. The Bertz CT molecular complexity index is 1210. The van der Waals surface area contributed by atoms with E-state index in [1.165, 1.54) is 0 Å². The summed E-state index contributed by atoms with van der Waals surface area (Å²) in [5.41, 5.74) is 2.88. The number of likely N-dealkylation sites (tertiary alicyclic amines) is 1. The number of hydrogen-bond acceptors (Lipinski definition) is 6. The maximum absolute atomic E-state index is 13.2. The molecule has 0 unspecified atom stereocenters. The van der Waals surface area contributed by atoms with E-state index in [0.29, 0.717) is 29.5 Å². The largest absolute Gasteiger partial charge is 0.478 e. The molecular weight excluding hydrogens is 410 g/mol. The first-order valence-corrected chi connectivity index (χ1v) is 10.5. The number of rotatable bonds is 5. The third-order valence-electron chi connectivity index (χ3n) is 6.02. The lowest BCUT2D eigenvalue weighted by atomic mass is 9.89. The fraction of sp³-hybridized carbons (Fsp3) is 0.240. The molecule has 0 radical (unpaired) electrons. The fourth-order valence-corrected chi connectivity index (χ4v) is 4.32. The molecule has 3 heterocycles. The summed E-state index contributed by atoms with van der Waals surface area (Å²) in [5.74, 6) is 3.45. The Morgan fingerprint density at radius 1 is 0.875 bits per heavy atom. The van der Waals surface area contributed by atoms with Gasteiger partial charge in [-0.15, -0.1) is 0 Å². The highest BCUT2D eigenvalue weighted by molar-refractivity contribution is 5.89. The Balaban J connectivity index is 1.32. The van der Waals surface area contributed by atoms with Crippen LogP contribution in [-0.4, -0.2) is 30.5 Å². The number of hydrogen-bond donors (Lipinski definition) is 0. The number of para-hydroxylation sites is 1. The Kier molecular flexibility index (Phi) is 4.35. The minimum atomic E-state index is -0.620. The third kappa shape index (κ3) is 3.09. The van der Waals surface area contributed by atoms with Gasteiger partial charge in [0.15, 0.2) is 23.0 Å². The van der Waals surface area contributed by atoms with Crippen molar-refractivity contribution in [2.75, 3.05) is 13.6 Å². The highest BCUT2D eigenvalue weighted by Crippen LogP contribution is 2.43. The zero-order chi connectivity index (χ0) is 21.7.